The summed E-state index contributed by atoms with van der Waals surface area (Å²) < 4.78 is 16.3. The first-order valence-corrected chi connectivity index (χ1v) is 14.6. The van der Waals surface area contributed by atoms with Gasteiger partial charge >= 0.3 is 11.9 Å². The van der Waals surface area contributed by atoms with Crippen molar-refractivity contribution in [3.05, 3.63) is 85.0 Å². The molecule has 220 valence electrons. The van der Waals surface area contributed by atoms with Gasteiger partial charge in [-0.05, 0) is 69.9 Å². The Bertz CT molecular complexity index is 961. The number of rotatable bonds is 22. The Morgan fingerprint density at radius 2 is 1.40 bits per heavy atom. The number of esters is 2. The smallest absolute Gasteiger partial charge is 0.335 e. The van der Waals surface area contributed by atoms with Crippen molar-refractivity contribution in [1.82, 2.24) is 0 Å². The second kappa shape index (κ2) is 24.6. The van der Waals surface area contributed by atoms with Crippen LogP contribution < -0.4 is 10.1 Å². The maximum atomic E-state index is 12.3. The van der Waals surface area contributed by atoms with Crippen molar-refractivity contribution >= 4 is 17.6 Å². The molecule has 1 aromatic rings. The third-order valence-electron chi connectivity index (χ3n) is 5.68. The van der Waals surface area contributed by atoms with Crippen LogP contribution in [0.15, 0.2) is 85.0 Å². The third kappa shape index (κ3) is 18.8. The van der Waals surface area contributed by atoms with Crippen molar-refractivity contribution in [2.75, 3.05) is 25.1 Å². The minimum atomic E-state index is -0.554. The lowest BCUT2D eigenvalue weighted by Crippen LogP contribution is -2.28. The SMILES string of the molecule is CC/C=C\C/C=C\C/C=C\C/C=C\C/C=C\CCCCOC(CC)C(=O)OCCNc1ccccc1OC(C)=O. The summed E-state index contributed by atoms with van der Waals surface area (Å²) in [6.45, 7) is 6.54. The Kier molecular flexibility index (Phi) is 21.3. The summed E-state index contributed by atoms with van der Waals surface area (Å²) >= 11 is 0. The highest BCUT2D eigenvalue weighted by Gasteiger charge is 2.18. The first-order valence-electron chi connectivity index (χ1n) is 14.6. The first-order chi connectivity index (χ1) is 19.6. The van der Waals surface area contributed by atoms with Gasteiger partial charge in [0, 0.05) is 20.1 Å². The number of allylic oxidation sites excluding steroid dienone is 10. The van der Waals surface area contributed by atoms with Gasteiger partial charge in [-0.25, -0.2) is 4.79 Å². The number of hydrogen-bond acceptors (Lipinski definition) is 6. The number of unbranched alkanes of at least 4 members (excludes halogenated alkanes) is 2. The van der Waals surface area contributed by atoms with Crippen LogP contribution in [0.3, 0.4) is 0 Å². The maximum absolute atomic E-state index is 12.3. The highest BCUT2D eigenvalue weighted by molar-refractivity contribution is 5.74. The van der Waals surface area contributed by atoms with Crippen molar-refractivity contribution in [3.63, 3.8) is 0 Å². The van der Waals surface area contributed by atoms with Gasteiger partial charge in [0.15, 0.2) is 11.9 Å². The van der Waals surface area contributed by atoms with Gasteiger partial charge in [-0.15, -0.1) is 0 Å². The standard InChI is InChI=1S/C34H49NO5/c1-4-6-7-8-9-10-11-12-13-14-15-16-17-18-19-20-21-24-28-38-32(5-2)34(37)39-29-27-35-31-25-22-23-26-33(31)40-30(3)36/h6-7,9-10,12-13,15-16,18-19,22-23,25-26,32,35H,4-5,8,11,14,17,20-21,24,27-29H2,1-3H3/b7-6-,10-9-,13-12-,16-15-,19-18-. The summed E-state index contributed by atoms with van der Waals surface area (Å²) in [5.41, 5.74) is 0.671. The molecule has 40 heavy (non-hydrogen) atoms. The lowest BCUT2D eigenvalue weighted by Gasteiger charge is -2.16. The second-order valence-corrected chi connectivity index (χ2v) is 9.16. The fourth-order valence-electron chi connectivity index (χ4n) is 3.60. The van der Waals surface area contributed by atoms with E-state index in [2.05, 4.69) is 73.0 Å². The van der Waals surface area contributed by atoms with Gasteiger partial charge in [0.2, 0.25) is 0 Å². The highest BCUT2D eigenvalue weighted by atomic mass is 16.6. The monoisotopic (exact) mass is 551 g/mol. The van der Waals surface area contributed by atoms with E-state index in [-0.39, 0.29) is 18.5 Å². The van der Waals surface area contributed by atoms with E-state index < -0.39 is 6.10 Å². The number of hydrogen-bond donors (Lipinski definition) is 1. The number of nitrogens with one attached hydrogen (secondary N) is 1. The Hall–Kier alpha value is -3.38. The van der Waals surface area contributed by atoms with Gasteiger partial charge < -0.3 is 19.5 Å². The largest absolute Gasteiger partial charge is 0.462 e. The third-order valence-corrected chi connectivity index (χ3v) is 5.68. The summed E-state index contributed by atoms with van der Waals surface area (Å²) in [6.07, 6.45) is 30.0. The molecule has 0 fully saturated rings. The molecule has 0 aliphatic rings. The number of para-hydroxylation sites is 2. The molecule has 0 aliphatic heterocycles. The number of carbonyl (C=O) groups is 2. The molecule has 0 saturated heterocycles. The van der Waals surface area contributed by atoms with Crippen LogP contribution >= 0.6 is 0 Å². The molecular weight excluding hydrogens is 502 g/mol. The summed E-state index contributed by atoms with van der Waals surface area (Å²) in [6, 6.07) is 7.13. The van der Waals surface area contributed by atoms with Crippen LogP contribution in [-0.2, 0) is 19.1 Å². The fraction of sp³-hybridized carbons (Fsp3) is 0.471. The van der Waals surface area contributed by atoms with E-state index in [1.165, 1.54) is 6.92 Å². The van der Waals surface area contributed by atoms with Gasteiger partial charge in [-0.2, -0.15) is 0 Å². The van der Waals surface area contributed by atoms with Gasteiger partial charge in [-0.1, -0.05) is 86.7 Å². The number of anilines is 1. The lowest BCUT2D eigenvalue weighted by molar-refractivity contribution is -0.157. The highest BCUT2D eigenvalue weighted by Crippen LogP contribution is 2.23. The van der Waals surface area contributed by atoms with E-state index in [0.29, 0.717) is 31.0 Å². The molecule has 1 aromatic carbocycles. The average molecular weight is 552 g/mol. The van der Waals surface area contributed by atoms with Crippen LogP contribution in [0.25, 0.3) is 0 Å². The maximum Gasteiger partial charge on any atom is 0.335 e. The lowest BCUT2D eigenvalue weighted by atomic mass is 10.2. The van der Waals surface area contributed by atoms with Crippen molar-refractivity contribution in [1.29, 1.82) is 0 Å². The molecule has 1 N–H and O–H groups in total. The summed E-state index contributed by atoms with van der Waals surface area (Å²) in [7, 11) is 0. The van der Waals surface area contributed by atoms with Crippen LogP contribution in [-0.4, -0.2) is 37.8 Å². The molecule has 0 saturated carbocycles. The molecule has 0 aromatic heterocycles. The minimum Gasteiger partial charge on any atom is -0.462 e. The molecule has 1 unspecified atom stereocenters. The summed E-state index contributed by atoms with van der Waals surface area (Å²) in [5.74, 6) is -0.294. The molecule has 0 amide bonds. The number of carbonyl (C=O) groups excluding carboxylic acids is 2. The predicted molar refractivity (Wildman–Crippen MR) is 166 cm³/mol. The topological polar surface area (TPSA) is 73.9 Å². The number of ether oxygens (including phenoxy) is 3. The van der Waals surface area contributed by atoms with Gasteiger partial charge in [0.1, 0.15) is 6.61 Å². The van der Waals surface area contributed by atoms with E-state index in [9.17, 15) is 9.59 Å². The Balaban J connectivity index is 2.08. The Labute approximate surface area is 241 Å². The van der Waals surface area contributed by atoms with E-state index in [1.807, 2.05) is 13.0 Å². The average Bonchev–Trinajstić information content (AvgIpc) is 2.94. The summed E-state index contributed by atoms with van der Waals surface area (Å²) in [5, 5.41) is 3.12. The van der Waals surface area contributed by atoms with Crippen LogP contribution in [0.2, 0.25) is 0 Å². The molecule has 0 heterocycles. The zero-order valence-corrected chi connectivity index (χ0v) is 24.7. The van der Waals surface area contributed by atoms with Gasteiger partial charge in [-0.3, -0.25) is 4.79 Å². The van der Waals surface area contributed by atoms with Crippen LogP contribution in [0.1, 0.15) is 78.6 Å². The van der Waals surface area contributed by atoms with E-state index in [1.54, 1.807) is 18.2 Å². The normalized spacial score (nSPS) is 12.8. The van der Waals surface area contributed by atoms with Crippen LogP contribution in [0, 0.1) is 0 Å². The van der Waals surface area contributed by atoms with Crippen molar-refractivity contribution in [2.24, 2.45) is 0 Å². The molecule has 1 rings (SSSR count). The zero-order chi connectivity index (χ0) is 29.1. The first kappa shape index (κ1) is 34.6. The van der Waals surface area contributed by atoms with Crippen molar-refractivity contribution < 1.29 is 23.8 Å². The zero-order valence-electron chi connectivity index (χ0n) is 24.7. The number of benzene rings is 1. The molecule has 6 nitrogen and oxygen atoms in total. The molecule has 0 bridgehead atoms. The molecular formula is C34H49NO5. The van der Waals surface area contributed by atoms with E-state index >= 15 is 0 Å². The van der Waals surface area contributed by atoms with Crippen LogP contribution in [0.4, 0.5) is 5.69 Å². The Morgan fingerprint density at radius 1 is 0.800 bits per heavy atom. The molecule has 6 heteroatoms. The molecule has 0 spiro atoms. The fourth-order valence-corrected chi connectivity index (χ4v) is 3.60. The van der Waals surface area contributed by atoms with Gasteiger partial charge in [0.25, 0.3) is 0 Å². The quantitative estimate of drug-likeness (QED) is 0.0676. The molecule has 0 aliphatic carbocycles. The van der Waals surface area contributed by atoms with Crippen molar-refractivity contribution in [2.45, 2.75) is 84.7 Å². The van der Waals surface area contributed by atoms with E-state index in [4.69, 9.17) is 14.2 Å². The van der Waals surface area contributed by atoms with Crippen LogP contribution in [0.5, 0.6) is 5.75 Å². The Morgan fingerprint density at radius 3 is 2.00 bits per heavy atom. The van der Waals surface area contributed by atoms with E-state index in [0.717, 1.165) is 51.4 Å². The van der Waals surface area contributed by atoms with Gasteiger partial charge in [0.05, 0.1) is 5.69 Å². The molecule has 1 atom stereocenters. The van der Waals surface area contributed by atoms with Crippen molar-refractivity contribution in [3.8, 4) is 5.75 Å². The molecule has 0 radical (unpaired) electrons. The predicted octanol–water partition coefficient (Wildman–Crippen LogP) is 8.28. The minimum absolute atomic E-state index is 0.192. The second-order valence-electron chi connectivity index (χ2n) is 9.16. The summed E-state index contributed by atoms with van der Waals surface area (Å²) in [4.78, 5) is 23.6.